The van der Waals surface area contributed by atoms with Crippen molar-refractivity contribution in [2.24, 2.45) is 0 Å². The number of imidazole rings is 1. The minimum atomic E-state index is -0.644. The SMILES string of the molecule is COC(=O)c1ccc2nc(CF)n(C[C@@H]3CCO3)c2c1. The number of carbonyl (C=O) groups is 1. The minimum Gasteiger partial charge on any atom is -0.465 e. The first kappa shape index (κ1) is 13.1. The lowest BCUT2D eigenvalue weighted by molar-refractivity contribution is -0.0591. The second-order valence-electron chi connectivity index (χ2n) is 4.75. The molecule has 5 nitrogen and oxygen atoms in total. The van der Waals surface area contributed by atoms with Crippen molar-refractivity contribution in [3.05, 3.63) is 29.6 Å². The van der Waals surface area contributed by atoms with Crippen LogP contribution in [0.1, 0.15) is 22.6 Å². The predicted octanol–water partition coefficient (Wildman–Crippen LogP) is 2.08. The van der Waals surface area contributed by atoms with Gasteiger partial charge in [-0.05, 0) is 24.6 Å². The van der Waals surface area contributed by atoms with E-state index in [0.29, 0.717) is 23.4 Å². The van der Waals surface area contributed by atoms with Crippen LogP contribution in [-0.2, 0) is 22.7 Å². The Hall–Kier alpha value is -1.95. The number of fused-ring (bicyclic) bond motifs is 1. The molecule has 0 N–H and O–H groups in total. The highest BCUT2D eigenvalue weighted by atomic mass is 19.1. The standard InChI is InChI=1S/C14H15FN2O3/c1-19-14(18)9-2-3-11-12(6-9)17(13(7-15)16-11)8-10-4-5-20-10/h2-3,6,10H,4-5,7-8H2,1H3/t10-/m0/s1. The molecule has 0 spiro atoms. The molecule has 0 unspecified atom stereocenters. The van der Waals surface area contributed by atoms with Gasteiger partial charge in [0.1, 0.15) is 12.5 Å². The van der Waals surface area contributed by atoms with Crippen molar-refractivity contribution in [2.45, 2.75) is 25.7 Å². The molecule has 1 aromatic heterocycles. The van der Waals surface area contributed by atoms with Crippen molar-refractivity contribution in [1.82, 2.24) is 9.55 Å². The summed E-state index contributed by atoms with van der Waals surface area (Å²) < 4.78 is 25.0. The molecule has 0 bridgehead atoms. The van der Waals surface area contributed by atoms with Crippen LogP contribution in [0, 0.1) is 0 Å². The average molecular weight is 278 g/mol. The highest BCUT2D eigenvalue weighted by Gasteiger charge is 2.22. The molecule has 0 aliphatic carbocycles. The molecule has 106 valence electrons. The highest BCUT2D eigenvalue weighted by molar-refractivity contribution is 5.93. The van der Waals surface area contributed by atoms with Crippen LogP contribution in [0.4, 0.5) is 4.39 Å². The van der Waals surface area contributed by atoms with E-state index < -0.39 is 12.6 Å². The van der Waals surface area contributed by atoms with Crippen molar-refractivity contribution >= 4 is 17.0 Å². The summed E-state index contributed by atoms with van der Waals surface area (Å²) in [6.07, 6.45) is 1.06. The van der Waals surface area contributed by atoms with E-state index in [4.69, 9.17) is 9.47 Å². The van der Waals surface area contributed by atoms with Gasteiger partial charge in [-0.1, -0.05) is 0 Å². The molecule has 1 aromatic carbocycles. The topological polar surface area (TPSA) is 53.3 Å². The summed E-state index contributed by atoms with van der Waals surface area (Å²) in [7, 11) is 1.33. The summed E-state index contributed by atoms with van der Waals surface area (Å²) in [5, 5.41) is 0. The molecule has 1 atom stereocenters. The van der Waals surface area contributed by atoms with E-state index in [1.165, 1.54) is 7.11 Å². The van der Waals surface area contributed by atoms with Gasteiger partial charge in [0.25, 0.3) is 0 Å². The summed E-state index contributed by atoms with van der Waals surface area (Å²) >= 11 is 0. The first-order valence-corrected chi connectivity index (χ1v) is 6.48. The van der Waals surface area contributed by atoms with E-state index in [9.17, 15) is 9.18 Å². The van der Waals surface area contributed by atoms with Crippen LogP contribution in [-0.4, -0.2) is 35.3 Å². The molecule has 0 amide bonds. The molecule has 3 rings (SSSR count). The Balaban J connectivity index is 2.05. The lowest BCUT2D eigenvalue weighted by atomic mass is 10.1. The fraction of sp³-hybridized carbons (Fsp3) is 0.429. The highest BCUT2D eigenvalue weighted by Crippen LogP contribution is 2.22. The second kappa shape index (κ2) is 5.20. The van der Waals surface area contributed by atoms with Crippen molar-refractivity contribution < 1.29 is 18.7 Å². The number of methoxy groups -OCH3 is 1. The average Bonchev–Trinajstić information content (AvgIpc) is 2.78. The molecule has 20 heavy (non-hydrogen) atoms. The molecule has 1 aliphatic heterocycles. The Bertz CT molecular complexity index is 649. The van der Waals surface area contributed by atoms with Crippen molar-refractivity contribution in [3.63, 3.8) is 0 Å². The molecule has 6 heteroatoms. The molecule has 1 saturated heterocycles. The Labute approximate surface area is 115 Å². The first-order chi connectivity index (χ1) is 9.72. The van der Waals surface area contributed by atoms with Gasteiger partial charge in [0, 0.05) is 6.61 Å². The zero-order valence-electron chi connectivity index (χ0n) is 11.1. The number of halogens is 1. The Morgan fingerprint density at radius 3 is 3.00 bits per heavy atom. The van der Waals surface area contributed by atoms with E-state index in [0.717, 1.165) is 18.5 Å². The first-order valence-electron chi connectivity index (χ1n) is 6.48. The summed E-state index contributed by atoms with van der Waals surface area (Å²) in [5.41, 5.74) is 1.83. The summed E-state index contributed by atoms with van der Waals surface area (Å²) in [6, 6.07) is 5.03. The van der Waals surface area contributed by atoms with Gasteiger partial charge in [-0.15, -0.1) is 0 Å². The van der Waals surface area contributed by atoms with E-state index in [1.807, 2.05) is 0 Å². The third-order valence-corrected chi connectivity index (χ3v) is 3.55. The normalized spacial score (nSPS) is 18.0. The van der Waals surface area contributed by atoms with Crippen LogP contribution >= 0.6 is 0 Å². The number of hydrogen-bond donors (Lipinski definition) is 0. The number of nitrogens with zero attached hydrogens (tertiary/aromatic N) is 2. The van der Waals surface area contributed by atoms with Gasteiger partial charge in [-0.2, -0.15) is 0 Å². The van der Waals surface area contributed by atoms with Crippen molar-refractivity contribution in [3.8, 4) is 0 Å². The van der Waals surface area contributed by atoms with Gasteiger partial charge < -0.3 is 14.0 Å². The maximum Gasteiger partial charge on any atom is 0.337 e. The third kappa shape index (κ3) is 2.16. The number of rotatable bonds is 4. The summed E-state index contributed by atoms with van der Waals surface area (Å²) in [6.45, 7) is 0.658. The largest absolute Gasteiger partial charge is 0.465 e. The number of hydrogen-bond acceptors (Lipinski definition) is 4. The van der Waals surface area contributed by atoms with Crippen molar-refractivity contribution in [1.29, 1.82) is 0 Å². The number of carbonyl (C=O) groups excluding carboxylic acids is 1. The van der Waals surface area contributed by atoms with Gasteiger partial charge in [0.2, 0.25) is 0 Å². The molecular weight excluding hydrogens is 263 g/mol. The Morgan fingerprint density at radius 1 is 1.60 bits per heavy atom. The van der Waals surface area contributed by atoms with Crippen LogP contribution in [0.3, 0.4) is 0 Å². The Kier molecular flexibility index (Phi) is 3.40. The number of alkyl halides is 1. The number of ether oxygens (including phenoxy) is 2. The fourth-order valence-electron chi connectivity index (χ4n) is 2.36. The van der Waals surface area contributed by atoms with Crippen LogP contribution in [0.25, 0.3) is 11.0 Å². The molecular formula is C14H15FN2O3. The van der Waals surface area contributed by atoms with Crippen LogP contribution < -0.4 is 0 Å². The smallest absolute Gasteiger partial charge is 0.337 e. The molecule has 1 aliphatic rings. The molecule has 0 radical (unpaired) electrons. The van der Waals surface area contributed by atoms with Gasteiger partial charge in [-0.25, -0.2) is 14.2 Å². The molecule has 0 saturated carbocycles. The van der Waals surface area contributed by atoms with E-state index >= 15 is 0 Å². The van der Waals surface area contributed by atoms with E-state index in [1.54, 1.807) is 22.8 Å². The van der Waals surface area contributed by atoms with E-state index in [-0.39, 0.29) is 6.10 Å². The minimum absolute atomic E-state index is 0.0967. The lowest BCUT2D eigenvalue weighted by Crippen LogP contribution is -2.31. The third-order valence-electron chi connectivity index (χ3n) is 3.55. The van der Waals surface area contributed by atoms with Crippen molar-refractivity contribution in [2.75, 3.05) is 13.7 Å². The zero-order valence-corrected chi connectivity index (χ0v) is 11.1. The zero-order chi connectivity index (χ0) is 14.1. The van der Waals surface area contributed by atoms with Gasteiger partial charge in [0.15, 0.2) is 0 Å². The number of aromatic nitrogens is 2. The summed E-state index contributed by atoms with van der Waals surface area (Å²) in [5.74, 6) is -0.0566. The monoisotopic (exact) mass is 278 g/mol. The Morgan fingerprint density at radius 2 is 2.40 bits per heavy atom. The van der Waals surface area contributed by atoms with Gasteiger partial charge in [0.05, 0.1) is 36.4 Å². The lowest BCUT2D eigenvalue weighted by Gasteiger charge is -2.27. The van der Waals surface area contributed by atoms with Gasteiger partial charge >= 0.3 is 5.97 Å². The predicted molar refractivity (Wildman–Crippen MR) is 70.2 cm³/mol. The molecule has 1 fully saturated rings. The summed E-state index contributed by atoms with van der Waals surface area (Å²) in [4.78, 5) is 15.8. The van der Waals surface area contributed by atoms with Crippen LogP contribution in [0.5, 0.6) is 0 Å². The van der Waals surface area contributed by atoms with Gasteiger partial charge in [-0.3, -0.25) is 0 Å². The maximum absolute atomic E-state index is 13.1. The quantitative estimate of drug-likeness (QED) is 0.803. The molecule has 2 heterocycles. The van der Waals surface area contributed by atoms with Crippen LogP contribution in [0.2, 0.25) is 0 Å². The van der Waals surface area contributed by atoms with E-state index in [2.05, 4.69) is 4.98 Å². The van der Waals surface area contributed by atoms with Crippen LogP contribution in [0.15, 0.2) is 18.2 Å². The maximum atomic E-state index is 13.1. The number of benzene rings is 1. The molecule has 2 aromatic rings. The number of esters is 1. The second-order valence-corrected chi connectivity index (χ2v) is 4.75. The fourth-order valence-corrected chi connectivity index (χ4v) is 2.36.